The third kappa shape index (κ3) is 3.51. The second kappa shape index (κ2) is 7.08. The number of nitrogens with zero attached hydrogens (tertiary/aromatic N) is 2. The Morgan fingerprint density at radius 2 is 2.00 bits per heavy atom. The van der Waals surface area contributed by atoms with Gasteiger partial charge in [-0.1, -0.05) is 13.0 Å². The highest BCUT2D eigenvalue weighted by Crippen LogP contribution is 2.22. The largest absolute Gasteiger partial charge is 0.441 e. The van der Waals surface area contributed by atoms with Crippen molar-refractivity contribution >= 4 is 5.91 Å². The highest BCUT2D eigenvalue weighted by atomic mass is 16.4. The predicted molar refractivity (Wildman–Crippen MR) is 91.5 cm³/mol. The summed E-state index contributed by atoms with van der Waals surface area (Å²) < 4.78 is 5.68. The van der Waals surface area contributed by atoms with Gasteiger partial charge in [-0.2, -0.15) is 0 Å². The number of hydrogen-bond acceptors (Lipinski definition) is 4. The molecule has 1 amide bonds. The summed E-state index contributed by atoms with van der Waals surface area (Å²) in [5.74, 6) is 1.31. The van der Waals surface area contributed by atoms with Crippen molar-refractivity contribution in [3.8, 4) is 11.5 Å². The van der Waals surface area contributed by atoms with Gasteiger partial charge in [-0.15, -0.1) is 0 Å². The van der Waals surface area contributed by atoms with Crippen LogP contribution in [-0.4, -0.2) is 15.9 Å². The van der Waals surface area contributed by atoms with E-state index in [1.807, 2.05) is 38.1 Å². The zero-order valence-electron chi connectivity index (χ0n) is 13.7. The van der Waals surface area contributed by atoms with Gasteiger partial charge in [-0.3, -0.25) is 9.78 Å². The van der Waals surface area contributed by atoms with Crippen LogP contribution in [0, 0.1) is 6.92 Å². The molecule has 1 aromatic carbocycles. The molecular formula is C19H19N3O2. The van der Waals surface area contributed by atoms with Crippen molar-refractivity contribution in [3.05, 3.63) is 71.4 Å². The third-order valence-corrected chi connectivity index (χ3v) is 3.80. The van der Waals surface area contributed by atoms with E-state index in [4.69, 9.17) is 4.42 Å². The zero-order chi connectivity index (χ0) is 16.9. The Labute approximate surface area is 140 Å². The zero-order valence-corrected chi connectivity index (χ0v) is 13.7. The second-order valence-corrected chi connectivity index (χ2v) is 5.50. The maximum Gasteiger partial charge on any atom is 0.251 e. The van der Waals surface area contributed by atoms with Crippen LogP contribution < -0.4 is 5.32 Å². The topological polar surface area (TPSA) is 68.0 Å². The van der Waals surface area contributed by atoms with E-state index < -0.39 is 0 Å². The number of amides is 1. The fourth-order valence-corrected chi connectivity index (χ4v) is 2.43. The first-order valence-corrected chi connectivity index (χ1v) is 7.91. The molecule has 0 bridgehead atoms. The van der Waals surface area contributed by atoms with Crippen molar-refractivity contribution in [2.45, 2.75) is 26.8 Å². The van der Waals surface area contributed by atoms with Gasteiger partial charge >= 0.3 is 0 Å². The molecule has 0 aliphatic carbocycles. The molecule has 122 valence electrons. The number of oxazole rings is 1. The molecule has 24 heavy (non-hydrogen) atoms. The lowest BCUT2D eigenvalue weighted by Crippen LogP contribution is -2.22. The first kappa shape index (κ1) is 15.9. The molecule has 2 heterocycles. The monoisotopic (exact) mass is 321 g/mol. The maximum absolute atomic E-state index is 12.2. The van der Waals surface area contributed by atoms with E-state index in [9.17, 15) is 4.79 Å². The average Bonchev–Trinajstić information content (AvgIpc) is 3.01. The third-order valence-electron chi connectivity index (χ3n) is 3.80. The van der Waals surface area contributed by atoms with Crippen LogP contribution in [0.15, 0.2) is 53.2 Å². The Morgan fingerprint density at radius 1 is 1.21 bits per heavy atom. The number of hydrogen-bond donors (Lipinski definition) is 1. The van der Waals surface area contributed by atoms with E-state index >= 15 is 0 Å². The number of rotatable bonds is 5. The number of aryl methyl sites for hydroxylation is 2. The van der Waals surface area contributed by atoms with Gasteiger partial charge in [0.1, 0.15) is 5.76 Å². The van der Waals surface area contributed by atoms with E-state index in [0.29, 0.717) is 18.0 Å². The number of carbonyl (C=O) groups excluding carboxylic acids is 1. The summed E-state index contributed by atoms with van der Waals surface area (Å²) in [5.41, 5.74) is 3.39. The molecule has 0 saturated carbocycles. The summed E-state index contributed by atoms with van der Waals surface area (Å²) in [7, 11) is 0. The first-order valence-electron chi connectivity index (χ1n) is 7.91. The SMILES string of the molecule is CCc1nc(-c2ccc(C(=O)NCc3cccnc3)cc2)oc1C. The van der Waals surface area contributed by atoms with E-state index in [0.717, 1.165) is 29.0 Å². The van der Waals surface area contributed by atoms with Crippen molar-refractivity contribution in [1.82, 2.24) is 15.3 Å². The number of carbonyl (C=O) groups is 1. The van der Waals surface area contributed by atoms with Gasteiger partial charge in [0.25, 0.3) is 5.91 Å². The average molecular weight is 321 g/mol. The number of benzene rings is 1. The smallest absolute Gasteiger partial charge is 0.251 e. The van der Waals surface area contributed by atoms with Gasteiger partial charge in [-0.05, 0) is 49.2 Å². The lowest BCUT2D eigenvalue weighted by molar-refractivity contribution is 0.0951. The minimum Gasteiger partial charge on any atom is -0.441 e. The van der Waals surface area contributed by atoms with Crippen LogP contribution in [0.2, 0.25) is 0 Å². The molecule has 0 radical (unpaired) electrons. The number of pyridine rings is 1. The molecule has 0 unspecified atom stereocenters. The molecule has 3 aromatic rings. The van der Waals surface area contributed by atoms with E-state index in [1.165, 1.54) is 0 Å². The maximum atomic E-state index is 12.2. The molecule has 5 nitrogen and oxygen atoms in total. The molecule has 0 saturated heterocycles. The molecular weight excluding hydrogens is 302 g/mol. The molecule has 0 atom stereocenters. The molecule has 0 aliphatic rings. The second-order valence-electron chi connectivity index (χ2n) is 5.50. The molecule has 3 rings (SSSR count). The Kier molecular flexibility index (Phi) is 4.70. The van der Waals surface area contributed by atoms with Crippen LogP contribution in [0.25, 0.3) is 11.5 Å². The summed E-state index contributed by atoms with van der Waals surface area (Å²) in [5, 5.41) is 2.88. The van der Waals surface area contributed by atoms with Crippen LogP contribution in [-0.2, 0) is 13.0 Å². The van der Waals surface area contributed by atoms with Crippen molar-refractivity contribution in [2.75, 3.05) is 0 Å². The van der Waals surface area contributed by atoms with Crippen LogP contribution in [0.4, 0.5) is 0 Å². The van der Waals surface area contributed by atoms with Crippen molar-refractivity contribution in [3.63, 3.8) is 0 Å². The van der Waals surface area contributed by atoms with Gasteiger partial charge in [0.05, 0.1) is 5.69 Å². The number of nitrogens with one attached hydrogen (secondary N) is 1. The van der Waals surface area contributed by atoms with Gasteiger partial charge in [0.2, 0.25) is 5.89 Å². The number of aromatic nitrogens is 2. The molecule has 0 fully saturated rings. The van der Waals surface area contributed by atoms with Crippen LogP contribution in [0.3, 0.4) is 0 Å². The van der Waals surface area contributed by atoms with Gasteiger partial charge in [-0.25, -0.2) is 4.98 Å². The molecule has 5 heteroatoms. The molecule has 2 aromatic heterocycles. The minimum atomic E-state index is -0.122. The highest BCUT2D eigenvalue weighted by molar-refractivity contribution is 5.94. The predicted octanol–water partition coefficient (Wildman–Crippen LogP) is 3.54. The van der Waals surface area contributed by atoms with Crippen molar-refractivity contribution in [1.29, 1.82) is 0 Å². The molecule has 0 spiro atoms. The summed E-state index contributed by atoms with van der Waals surface area (Å²) in [6.07, 6.45) is 4.28. The standard InChI is InChI=1S/C19H19N3O2/c1-3-17-13(2)24-19(22-17)16-8-6-15(7-9-16)18(23)21-12-14-5-4-10-20-11-14/h4-11H,3,12H2,1-2H3,(H,21,23). The van der Waals surface area contributed by atoms with Gasteiger partial charge in [0.15, 0.2) is 0 Å². The lowest BCUT2D eigenvalue weighted by atomic mass is 10.1. The van der Waals surface area contributed by atoms with Gasteiger partial charge in [0, 0.05) is 30.1 Å². The fourth-order valence-electron chi connectivity index (χ4n) is 2.43. The van der Waals surface area contributed by atoms with Crippen molar-refractivity contribution < 1.29 is 9.21 Å². The Balaban J connectivity index is 1.68. The van der Waals surface area contributed by atoms with E-state index in [-0.39, 0.29) is 5.91 Å². The summed E-state index contributed by atoms with van der Waals surface area (Å²) >= 11 is 0. The summed E-state index contributed by atoms with van der Waals surface area (Å²) in [6.45, 7) is 4.41. The van der Waals surface area contributed by atoms with E-state index in [2.05, 4.69) is 15.3 Å². The van der Waals surface area contributed by atoms with E-state index in [1.54, 1.807) is 24.5 Å². The summed E-state index contributed by atoms with van der Waals surface area (Å²) in [4.78, 5) is 20.7. The van der Waals surface area contributed by atoms with Gasteiger partial charge < -0.3 is 9.73 Å². The Morgan fingerprint density at radius 3 is 2.62 bits per heavy atom. The first-order chi connectivity index (χ1) is 11.7. The van der Waals surface area contributed by atoms with Crippen LogP contribution in [0.5, 0.6) is 0 Å². The lowest BCUT2D eigenvalue weighted by Gasteiger charge is -2.05. The fraction of sp³-hybridized carbons (Fsp3) is 0.211. The Bertz CT molecular complexity index is 824. The van der Waals surface area contributed by atoms with Crippen LogP contribution >= 0.6 is 0 Å². The normalized spacial score (nSPS) is 10.6. The quantitative estimate of drug-likeness (QED) is 0.780. The molecule has 0 aliphatic heterocycles. The van der Waals surface area contributed by atoms with Crippen LogP contribution in [0.1, 0.15) is 34.3 Å². The van der Waals surface area contributed by atoms with Crippen molar-refractivity contribution in [2.24, 2.45) is 0 Å². The highest BCUT2D eigenvalue weighted by Gasteiger charge is 2.11. The molecule has 1 N–H and O–H groups in total. The minimum absolute atomic E-state index is 0.122. The summed E-state index contributed by atoms with van der Waals surface area (Å²) in [6, 6.07) is 11.0. The Hall–Kier alpha value is -2.95.